The molecule has 23 heavy (non-hydrogen) atoms. The monoisotopic (exact) mass is 313 g/mol. The van der Waals surface area contributed by atoms with Crippen molar-refractivity contribution in [1.82, 2.24) is 5.32 Å². The van der Waals surface area contributed by atoms with Crippen LogP contribution >= 0.6 is 0 Å². The van der Waals surface area contributed by atoms with Crippen molar-refractivity contribution in [2.45, 2.75) is 24.8 Å². The lowest BCUT2D eigenvalue weighted by molar-refractivity contribution is -0.139. The Labute approximate surface area is 134 Å². The van der Waals surface area contributed by atoms with Gasteiger partial charge in [-0.1, -0.05) is 36.4 Å². The van der Waals surface area contributed by atoms with Gasteiger partial charge in [-0.25, -0.2) is 0 Å². The predicted octanol–water partition coefficient (Wildman–Crippen LogP) is 2.59. The molecule has 0 unspecified atom stereocenters. The zero-order valence-corrected chi connectivity index (χ0v) is 12.7. The number of carboxylic acid groups (broad SMARTS) is 1. The van der Waals surface area contributed by atoms with E-state index in [2.05, 4.69) is 5.32 Å². The average Bonchev–Trinajstić information content (AvgIpc) is 2.54. The number of fused-ring (bicyclic) bond motifs is 1. The quantitative estimate of drug-likeness (QED) is 0.909. The summed E-state index contributed by atoms with van der Waals surface area (Å²) in [5, 5.41) is 14.0. The number of aliphatic carboxylic acids is 1. The van der Waals surface area contributed by atoms with Crippen LogP contribution in [0.5, 0.6) is 0 Å². The Morgan fingerprint density at radius 1 is 1.09 bits per heavy atom. The molecule has 0 bridgehead atoms. The Bertz CT molecular complexity index is 729. The van der Waals surface area contributed by atoms with Gasteiger partial charge in [-0.3, -0.25) is 9.59 Å². The van der Waals surface area contributed by atoms with Crippen LogP contribution in [0.4, 0.5) is 0 Å². The Morgan fingerprint density at radius 2 is 1.78 bits per heavy atom. The van der Waals surface area contributed by atoms with Crippen LogP contribution in [-0.4, -0.2) is 35.7 Å². The molecule has 2 N–H and O–H groups in total. The summed E-state index contributed by atoms with van der Waals surface area (Å²) in [5.41, 5.74) is -0.169. The van der Waals surface area contributed by atoms with E-state index in [0.29, 0.717) is 31.6 Å². The number of carbonyl (C=O) groups is 2. The molecule has 1 aliphatic rings. The molecule has 2 aromatic carbocycles. The third-order valence-electron chi connectivity index (χ3n) is 4.35. The molecule has 1 saturated heterocycles. The average molecular weight is 313 g/mol. The lowest BCUT2D eigenvalue weighted by Crippen LogP contribution is -2.53. The summed E-state index contributed by atoms with van der Waals surface area (Å²) in [6, 6.07) is 13.2. The number of hydrogen-bond acceptors (Lipinski definition) is 3. The van der Waals surface area contributed by atoms with Crippen molar-refractivity contribution >= 4 is 22.6 Å². The van der Waals surface area contributed by atoms with E-state index in [1.807, 2.05) is 36.4 Å². The number of amides is 1. The second-order valence-corrected chi connectivity index (χ2v) is 5.94. The molecule has 0 aliphatic carbocycles. The molecule has 1 heterocycles. The Morgan fingerprint density at radius 3 is 2.52 bits per heavy atom. The van der Waals surface area contributed by atoms with Crippen LogP contribution in [0.15, 0.2) is 42.5 Å². The van der Waals surface area contributed by atoms with Crippen LogP contribution in [0.2, 0.25) is 0 Å². The van der Waals surface area contributed by atoms with Crippen LogP contribution in [0.25, 0.3) is 10.8 Å². The first-order valence-electron chi connectivity index (χ1n) is 7.69. The van der Waals surface area contributed by atoms with Crippen LogP contribution in [-0.2, 0) is 9.53 Å². The first kappa shape index (κ1) is 15.5. The molecule has 1 aliphatic heterocycles. The van der Waals surface area contributed by atoms with Gasteiger partial charge in [-0.05, 0) is 29.7 Å². The Hall–Kier alpha value is -2.40. The second-order valence-electron chi connectivity index (χ2n) is 5.94. The molecule has 120 valence electrons. The van der Waals surface area contributed by atoms with Crippen molar-refractivity contribution in [2.75, 3.05) is 13.2 Å². The molecule has 5 nitrogen and oxygen atoms in total. The maximum Gasteiger partial charge on any atom is 0.305 e. The highest BCUT2D eigenvalue weighted by Crippen LogP contribution is 2.26. The molecule has 0 spiro atoms. The van der Waals surface area contributed by atoms with E-state index in [1.54, 1.807) is 6.07 Å². The fraction of sp³-hybridized carbons (Fsp3) is 0.333. The number of rotatable bonds is 4. The zero-order valence-electron chi connectivity index (χ0n) is 12.7. The smallest absolute Gasteiger partial charge is 0.305 e. The predicted molar refractivity (Wildman–Crippen MR) is 86.5 cm³/mol. The third-order valence-corrected chi connectivity index (χ3v) is 4.35. The SMILES string of the molecule is O=C(O)CC1(NC(=O)c2cccc3ccccc23)CCOCC1. The van der Waals surface area contributed by atoms with Gasteiger partial charge in [0.15, 0.2) is 0 Å². The van der Waals surface area contributed by atoms with E-state index in [1.165, 1.54) is 0 Å². The lowest BCUT2D eigenvalue weighted by Gasteiger charge is -2.37. The maximum absolute atomic E-state index is 12.8. The summed E-state index contributed by atoms with van der Waals surface area (Å²) in [4.78, 5) is 24.0. The van der Waals surface area contributed by atoms with Gasteiger partial charge in [-0.15, -0.1) is 0 Å². The van der Waals surface area contributed by atoms with Crippen LogP contribution in [0.1, 0.15) is 29.6 Å². The van der Waals surface area contributed by atoms with E-state index in [0.717, 1.165) is 10.8 Å². The fourth-order valence-electron chi connectivity index (χ4n) is 3.13. The molecular weight excluding hydrogens is 294 g/mol. The molecule has 1 amide bonds. The topological polar surface area (TPSA) is 75.6 Å². The van der Waals surface area contributed by atoms with Crippen molar-refractivity contribution < 1.29 is 19.4 Å². The van der Waals surface area contributed by atoms with Gasteiger partial charge in [0.25, 0.3) is 5.91 Å². The van der Waals surface area contributed by atoms with E-state index in [-0.39, 0.29) is 12.3 Å². The van der Waals surface area contributed by atoms with Crippen molar-refractivity contribution in [1.29, 1.82) is 0 Å². The van der Waals surface area contributed by atoms with E-state index >= 15 is 0 Å². The summed E-state index contributed by atoms with van der Waals surface area (Å²) in [7, 11) is 0. The third kappa shape index (κ3) is 3.35. The molecule has 5 heteroatoms. The summed E-state index contributed by atoms with van der Waals surface area (Å²) < 4.78 is 5.32. The molecule has 0 aromatic heterocycles. The maximum atomic E-state index is 12.8. The Balaban J connectivity index is 1.90. The van der Waals surface area contributed by atoms with E-state index < -0.39 is 11.5 Å². The largest absolute Gasteiger partial charge is 0.481 e. The highest BCUT2D eigenvalue weighted by Gasteiger charge is 2.36. The number of carboxylic acids is 1. The molecule has 0 radical (unpaired) electrons. The summed E-state index contributed by atoms with van der Waals surface area (Å²) in [5.74, 6) is -1.14. The molecular formula is C18H19NO4. The number of benzene rings is 2. The van der Waals surface area contributed by atoms with E-state index in [4.69, 9.17) is 4.74 Å². The minimum atomic E-state index is -0.912. The lowest BCUT2D eigenvalue weighted by atomic mass is 9.86. The number of ether oxygens (including phenoxy) is 1. The minimum Gasteiger partial charge on any atom is -0.481 e. The molecule has 2 aromatic rings. The van der Waals surface area contributed by atoms with Gasteiger partial charge in [0, 0.05) is 18.8 Å². The van der Waals surface area contributed by atoms with Crippen LogP contribution in [0.3, 0.4) is 0 Å². The van der Waals surface area contributed by atoms with Crippen molar-refractivity contribution in [3.8, 4) is 0 Å². The number of nitrogens with one attached hydrogen (secondary N) is 1. The Kier molecular flexibility index (Phi) is 4.30. The molecule has 0 atom stereocenters. The first-order chi connectivity index (χ1) is 11.1. The standard InChI is InChI=1S/C18H19NO4/c20-16(21)12-18(8-10-23-11-9-18)19-17(22)15-7-3-5-13-4-1-2-6-14(13)15/h1-7H,8-12H2,(H,19,22)(H,20,21). The van der Waals surface area contributed by atoms with Crippen molar-refractivity contribution in [3.63, 3.8) is 0 Å². The summed E-state index contributed by atoms with van der Waals surface area (Å²) >= 11 is 0. The van der Waals surface area contributed by atoms with Gasteiger partial charge in [0.05, 0.1) is 12.0 Å². The molecule has 1 fully saturated rings. The zero-order chi connectivity index (χ0) is 16.3. The number of hydrogen-bond donors (Lipinski definition) is 2. The van der Waals surface area contributed by atoms with Gasteiger partial charge < -0.3 is 15.2 Å². The van der Waals surface area contributed by atoms with Gasteiger partial charge in [0.1, 0.15) is 0 Å². The number of carbonyl (C=O) groups excluding carboxylic acids is 1. The van der Waals surface area contributed by atoms with Gasteiger partial charge in [-0.2, -0.15) is 0 Å². The van der Waals surface area contributed by atoms with Gasteiger partial charge >= 0.3 is 5.97 Å². The van der Waals surface area contributed by atoms with Crippen LogP contribution in [0, 0.1) is 0 Å². The summed E-state index contributed by atoms with van der Waals surface area (Å²) in [6.45, 7) is 0.923. The van der Waals surface area contributed by atoms with Crippen molar-refractivity contribution in [2.24, 2.45) is 0 Å². The second kappa shape index (κ2) is 6.38. The van der Waals surface area contributed by atoms with Gasteiger partial charge in [0.2, 0.25) is 0 Å². The molecule has 3 rings (SSSR count). The first-order valence-corrected chi connectivity index (χ1v) is 7.69. The van der Waals surface area contributed by atoms with E-state index in [9.17, 15) is 14.7 Å². The summed E-state index contributed by atoms with van der Waals surface area (Å²) in [6.07, 6.45) is 0.929. The highest BCUT2D eigenvalue weighted by molar-refractivity contribution is 6.07. The highest BCUT2D eigenvalue weighted by atomic mass is 16.5. The normalized spacial score (nSPS) is 16.9. The van der Waals surface area contributed by atoms with Crippen LogP contribution < -0.4 is 5.32 Å². The van der Waals surface area contributed by atoms with Crippen molar-refractivity contribution in [3.05, 3.63) is 48.0 Å². The molecule has 0 saturated carbocycles. The fourth-order valence-corrected chi connectivity index (χ4v) is 3.13. The minimum absolute atomic E-state index is 0.0904.